The molecule has 0 radical (unpaired) electrons. The largest absolute Gasteiger partial charge is 0.231 e. The third-order valence-electron chi connectivity index (χ3n) is 1.27. The predicted octanol–water partition coefficient (Wildman–Crippen LogP) is 0.241. The number of fused-ring (bicyclic) bond motifs is 1. The molecule has 0 unspecified atom stereocenters. The molecule has 0 spiro atoms. The summed E-state index contributed by atoms with van der Waals surface area (Å²) in [6.45, 7) is 0. The van der Waals surface area contributed by atoms with E-state index in [1.165, 1.54) is 11.8 Å². The third kappa shape index (κ3) is 0.949. The number of rotatable bonds is 1. The molecular formula is C5H5N5S. The van der Waals surface area contributed by atoms with Crippen LogP contribution in [0.1, 0.15) is 0 Å². The van der Waals surface area contributed by atoms with Crippen LogP contribution in [0.25, 0.3) is 5.65 Å². The van der Waals surface area contributed by atoms with Gasteiger partial charge in [0.1, 0.15) is 0 Å². The lowest BCUT2D eigenvalue weighted by Gasteiger charge is -1.94. The van der Waals surface area contributed by atoms with Crippen molar-refractivity contribution in [2.45, 2.75) is 5.16 Å². The zero-order valence-corrected chi connectivity index (χ0v) is 6.62. The minimum atomic E-state index is 0.726. The Morgan fingerprint density at radius 2 is 2.45 bits per heavy atom. The van der Waals surface area contributed by atoms with E-state index < -0.39 is 0 Å². The van der Waals surface area contributed by atoms with E-state index in [1.807, 2.05) is 6.26 Å². The molecule has 0 aliphatic heterocycles. The first-order valence-corrected chi connectivity index (χ1v) is 4.21. The van der Waals surface area contributed by atoms with Gasteiger partial charge in [0, 0.05) is 12.3 Å². The first-order valence-electron chi connectivity index (χ1n) is 2.99. The van der Waals surface area contributed by atoms with Gasteiger partial charge in [0.05, 0.1) is 0 Å². The lowest BCUT2D eigenvalue weighted by molar-refractivity contribution is 0.736. The van der Waals surface area contributed by atoms with E-state index in [1.54, 1.807) is 16.8 Å². The Morgan fingerprint density at radius 1 is 1.55 bits per heavy atom. The standard InChI is InChI=1S/C5H5N5S/c1-11-5-6-3-2-4-7-8-9-10(4)5/h2-3H,1H3. The summed E-state index contributed by atoms with van der Waals surface area (Å²) in [6.07, 6.45) is 3.63. The maximum atomic E-state index is 4.08. The Bertz CT molecular complexity index is 370. The molecule has 0 saturated heterocycles. The molecule has 6 heteroatoms. The van der Waals surface area contributed by atoms with Crippen LogP contribution in [-0.4, -0.2) is 31.3 Å². The van der Waals surface area contributed by atoms with Crippen molar-refractivity contribution < 1.29 is 0 Å². The molecule has 5 nitrogen and oxygen atoms in total. The molecule has 2 aromatic rings. The number of hydrogen-bond donors (Lipinski definition) is 0. The number of thioether (sulfide) groups is 1. The maximum Gasteiger partial charge on any atom is 0.192 e. The van der Waals surface area contributed by atoms with E-state index >= 15 is 0 Å². The Balaban J connectivity index is 2.79. The molecule has 0 amide bonds. The molecule has 0 aliphatic rings. The summed E-state index contributed by atoms with van der Waals surface area (Å²) in [5.74, 6) is 0. The summed E-state index contributed by atoms with van der Waals surface area (Å²) in [5.41, 5.74) is 0.726. The lowest BCUT2D eigenvalue weighted by Crippen LogP contribution is -1.94. The normalized spacial score (nSPS) is 10.6. The van der Waals surface area contributed by atoms with Crippen molar-refractivity contribution >= 4 is 17.4 Å². The molecule has 2 aromatic heterocycles. The van der Waals surface area contributed by atoms with Crippen molar-refractivity contribution in [2.24, 2.45) is 0 Å². The van der Waals surface area contributed by atoms with Gasteiger partial charge < -0.3 is 0 Å². The first-order chi connectivity index (χ1) is 5.42. The summed E-state index contributed by atoms with van der Waals surface area (Å²) in [4.78, 5) is 4.08. The summed E-state index contributed by atoms with van der Waals surface area (Å²) >= 11 is 1.51. The molecule has 0 saturated carbocycles. The quantitative estimate of drug-likeness (QED) is 0.450. The molecule has 2 rings (SSSR count). The van der Waals surface area contributed by atoms with Crippen molar-refractivity contribution in [3.63, 3.8) is 0 Å². The minimum absolute atomic E-state index is 0.726. The Hall–Kier alpha value is -1.17. The van der Waals surface area contributed by atoms with E-state index in [0.717, 1.165) is 10.8 Å². The predicted molar refractivity (Wildman–Crippen MR) is 40.4 cm³/mol. The van der Waals surface area contributed by atoms with Crippen LogP contribution in [0.15, 0.2) is 17.4 Å². The van der Waals surface area contributed by atoms with Crippen molar-refractivity contribution in [3.8, 4) is 0 Å². The van der Waals surface area contributed by atoms with E-state index in [-0.39, 0.29) is 0 Å². The highest BCUT2D eigenvalue weighted by molar-refractivity contribution is 7.98. The summed E-state index contributed by atoms with van der Waals surface area (Å²) in [5, 5.41) is 11.9. The Morgan fingerprint density at radius 3 is 3.27 bits per heavy atom. The Kier molecular flexibility index (Phi) is 1.46. The van der Waals surface area contributed by atoms with Gasteiger partial charge in [0.25, 0.3) is 0 Å². The van der Waals surface area contributed by atoms with E-state index in [9.17, 15) is 0 Å². The van der Waals surface area contributed by atoms with E-state index in [4.69, 9.17) is 0 Å². The van der Waals surface area contributed by atoms with Crippen LogP contribution in [0, 0.1) is 0 Å². The van der Waals surface area contributed by atoms with Gasteiger partial charge >= 0.3 is 0 Å². The molecule has 0 bridgehead atoms. The Labute approximate surface area is 66.8 Å². The molecule has 0 fully saturated rings. The molecule has 2 heterocycles. The van der Waals surface area contributed by atoms with Gasteiger partial charge in [-0.05, 0) is 16.7 Å². The maximum absolute atomic E-state index is 4.08. The second-order valence-corrected chi connectivity index (χ2v) is 2.65. The molecule has 0 aliphatic carbocycles. The van der Waals surface area contributed by atoms with Gasteiger partial charge in [-0.3, -0.25) is 0 Å². The van der Waals surface area contributed by atoms with Gasteiger partial charge in [-0.2, -0.15) is 4.52 Å². The van der Waals surface area contributed by atoms with Gasteiger partial charge in [-0.25, -0.2) is 4.98 Å². The van der Waals surface area contributed by atoms with Crippen LogP contribution in [0.2, 0.25) is 0 Å². The number of nitrogens with zero attached hydrogens (tertiary/aromatic N) is 5. The van der Waals surface area contributed by atoms with Crippen molar-refractivity contribution in [2.75, 3.05) is 6.26 Å². The van der Waals surface area contributed by atoms with E-state index in [2.05, 4.69) is 20.5 Å². The average molecular weight is 167 g/mol. The van der Waals surface area contributed by atoms with Gasteiger partial charge in [0.2, 0.25) is 0 Å². The van der Waals surface area contributed by atoms with Gasteiger partial charge in [0.15, 0.2) is 10.8 Å². The second kappa shape index (κ2) is 2.46. The SMILES string of the molecule is CSc1nccc2nnnn12. The molecule has 0 aromatic carbocycles. The van der Waals surface area contributed by atoms with Crippen molar-refractivity contribution in [3.05, 3.63) is 12.3 Å². The molecule has 56 valence electrons. The van der Waals surface area contributed by atoms with Gasteiger partial charge in [-0.1, -0.05) is 11.8 Å². The highest BCUT2D eigenvalue weighted by Gasteiger charge is 2.00. The fourth-order valence-electron chi connectivity index (χ4n) is 0.796. The van der Waals surface area contributed by atoms with Crippen LogP contribution in [-0.2, 0) is 0 Å². The highest BCUT2D eigenvalue weighted by atomic mass is 32.2. The lowest BCUT2D eigenvalue weighted by atomic mass is 10.6. The van der Waals surface area contributed by atoms with Crippen LogP contribution in [0.4, 0.5) is 0 Å². The van der Waals surface area contributed by atoms with Crippen LogP contribution < -0.4 is 0 Å². The molecule has 11 heavy (non-hydrogen) atoms. The van der Waals surface area contributed by atoms with Crippen molar-refractivity contribution in [1.82, 2.24) is 25.0 Å². The summed E-state index contributed by atoms with van der Waals surface area (Å²) in [7, 11) is 0. The van der Waals surface area contributed by atoms with Crippen LogP contribution in [0.5, 0.6) is 0 Å². The molecular weight excluding hydrogens is 162 g/mol. The highest BCUT2D eigenvalue weighted by Crippen LogP contribution is 2.09. The summed E-state index contributed by atoms with van der Waals surface area (Å²) in [6, 6.07) is 1.76. The third-order valence-corrected chi connectivity index (χ3v) is 1.91. The molecule has 0 atom stereocenters. The first kappa shape index (κ1) is 6.53. The number of tetrazole rings is 1. The fourth-order valence-corrected chi connectivity index (χ4v) is 1.26. The summed E-state index contributed by atoms with van der Waals surface area (Å²) < 4.78 is 1.60. The average Bonchev–Trinajstić information content (AvgIpc) is 2.50. The van der Waals surface area contributed by atoms with Gasteiger partial charge in [-0.15, -0.1) is 5.10 Å². The zero-order chi connectivity index (χ0) is 7.68. The fraction of sp³-hybridized carbons (Fsp3) is 0.200. The number of aromatic nitrogens is 5. The number of hydrogen-bond acceptors (Lipinski definition) is 5. The van der Waals surface area contributed by atoms with E-state index in [0.29, 0.717) is 0 Å². The monoisotopic (exact) mass is 167 g/mol. The van der Waals surface area contributed by atoms with Crippen molar-refractivity contribution in [1.29, 1.82) is 0 Å². The minimum Gasteiger partial charge on any atom is -0.231 e. The molecule has 0 N–H and O–H groups in total. The zero-order valence-electron chi connectivity index (χ0n) is 5.80. The topological polar surface area (TPSA) is 56.0 Å². The van der Waals surface area contributed by atoms with Crippen LogP contribution in [0.3, 0.4) is 0 Å². The second-order valence-electron chi connectivity index (χ2n) is 1.88. The van der Waals surface area contributed by atoms with Crippen LogP contribution >= 0.6 is 11.8 Å². The smallest absolute Gasteiger partial charge is 0.192 e.